The van der Waals surface area contributed by atoms with Gasteiger partial charge in [0.15, 0.2) is 6.29 Å². The predicted octanol–water partition coefficient (Wildman–Crippen LogP) is -3.45. The second-order valence-electron chi connectivity index (χ2n) is 6.29. The van der Waals surface area contributed by atoms with E-state index in [1.807, 2.05) is 5.43 Å². The van der Waals surface area contributed by atoms with Crippen molar-refractivity contribution in [2.45, 2.75) is 56.7 Å². The van der Waals surface area contributed by atoms with Crippen LogP contribution in [0.2, 0.25) is 0 Å². The summed E-state index contributed by atoms with van der Waals surface area (Å²) in [6.07, 6.45) is -6.43. The predicted molar refractivity (Wildman–Crippen MR) is 90.0 cm³/mol. The summed E-state index contributed by atoms with van der Waals surface area (Å²) in [4.78, 5) is 29.0. The third kappa shape index (κ3) is 6.55. The Bertz CT molecular complexity index is 698. The standard InChI is InChI=1S/C13H24N5O9P/c14-15-9(19)1-3-18-5-7(16-17-18)6-26-13-12(22)11(21)10(20)8(27-13)2-4-28(23,24)25/h5,8,10-13,20-22H,1-4,6,14H2,(H,15,19)(H2,23,24,25). The van der Waals surface area contributed by atoms with E-state index in [-0.39, 0.29) is 31.9 Å². The van der Waals surface area contributed by atoms with E-state index >= 15 is 0 Å². The van der Waals surface area contributed by atoms with Gasteiger partial charge in [0.1, 0.15) is 24.0 Å². The number of aliphatic hydroxyl groups excluding tert-OH is 3. The summed E-state index contributed by atoms with van der Waals surface area (Å²) in [5, 5.41) is 37.5. The number of nitrogens with zero attached hydrogens (tertiary/aromatic N) is 3. The lowest BCUT2D eigenvalue weighted by atomic mass is 9.97. The zero-order valence-corrected chi connectivity index (χ0v) is 15.6. The van der Waals surface area contributed by atoms with Crippen LogP contribution in [0.5, 0.6) is 0 Å². The highest BCUT2D eigenvalue weighted by molar-refractivity contribution is 7.51. The Morgan fingerprint density at radius 1 is 1.32 bits per heavy atom. The number of hydrogen-bond donors (Lipinski definition) is 7. The fourth-order valence-electron chi connectivity index (χ4n) is 2.56. The van der Waals surface area contributed by atoms with E-state index < -0.39 is 44.5 Å². The Morgan fingerprint density at radius 3 is 2.68 bits per heavy atom. The molecule has 5 atom stereocenters. The van der Waals surface area contributed by atoms with E-state index in [4.69, 9.17) is 25.1 Å². The van der Waals surface area contributed by atoms with Crippen molar-refractivity contribution in [1.82, 2.24) is 20.4 Å². The van der Waals surface area contributed by atoms with Crippen molar-refractivity contribution in [1.29, 1.82) is 0 Å². The topological polar surface area (TPSA) is 223 Å². The molecule has 28 heavy (non-hydrogen) atoms. The number of nitrogens with two attached hydrogens (primary N) is 1. The van der Waals surface area contributed by atoms with Crippen LogP contribution in [0.15, 0.2) is 6.20 Å². The quantitative estimate of drug-likeness (QED) is 0.0888. The number of carbonyl (C=O) groups is 1. The molecule has 1 aliphatic rings. The molecular formula is C13H24N5O9P. The monoisotopic (exact) mass is 425 g/mol. The first-order valence-corrected chi connectivity index (χ1v) is 10.1. The minimum absolute atomic E-state index is 0.0932. The van der Waals surface area contributed by atoms with Crippen molar-refractivity contribution in [2.75, 3.05) is 6.16 Å². The first-order valence-electron chi connectivity index (χ1n) is 8.35. The minimum Gasteiger partial charge on any atom is -0.388 e. The lowest BCUT2D eigenvalue weighted by molar-refractivity contribution is -0.300. The maximum Gasteiger partial charge on any atom is 0.325 e. The zero-order chi connectivity index (χ0) is 20.9. The minimum atomic E-state index is -4.32. The highest BCUT2D eigenvalue weighted by atomic mass is 31.2. The molecule has 5 unspecified atom stereocenters. The van der Waals surface area contributed by atoms with Crippen LogP contribution in [0.25, 0.3) is 0 Å². The lowest BCUT2D eigenvalue weighted by Gasteiger charge is -2.40. The number of ether oxygens (including phenoxy) is 2. The van der Waals surface area contributed by atoms with Gasteiger partial charge in [0.2, 0.25) is 5.91 Å². The summed E-state index contributed by atoms with van der Waals surface area (Å²) in [6.45, 7) is 0.0623. The smallest absolute Gasteiger partial charge is 0.325 e. The maximum absolute atomic E-state index is 11.1. The normalized spacial score (nSPS) is 28.3. The Labute approximate surface area is 159 Å². The molecule has 0 aliphatic carbocycles. The number of aliphatic hydroxyl groups is 3. The summed E-state index contributed by atoms with van der Waals surface area (Å²) in [5.41, 5.74) is 2.33. The second-order valence-corrected chi connectivity index (χ2v) is 8.07. The van der Waals surface area contributed by atoms with Crippen LogP contribution < -0.4 is 11.3 Å². The third-order valence-corrected chi connectivity index (χ3v) is 4.92. The highest BCUT2D eigenvalue weighted by Gasteiger charge is 2.44. The Morgan fingerprint density at radius 2 is 2.04 bits per heavy atom. The number of hydrazine groups is 1. The van der Waals surface area contributed by atoms with Crippen LogP contribution in [0.3, 0.4) is 0 Å². The van der Waals surface area contributed by atoms with Crippen molar-refractivity contribution in [3.8, 4) is 0 Å². The summed E-state index contributed by atoms with van der Waals surface area (Å²) in [7, 11) is -4.32. The first-order chi connectivity index (χ1) is 13.1. The van der Waals surface area contributed by atoms with Gasteiger partial charge in [0, 0.05) is 6.42 Å². The van der Waals surface area contributed by atoms with Gasteiger partial charge in [-0.15, -0.1) is 5.10 Å². The van der Waals surface area contributed by atoms with Gasteiger partial charge in [0.05, 0.1) is 31.6 Å². The summed E-state index contributed by atoms with van der Waals surface area (Å²) in [6, 6.07) is 0. The molecule has 1 aromatic rings. The van der Waals surface area contributed by atoms with Gasteiger partial charge in [0.25, 0.3) is 0 Å². The lowest BCUT2D eigenvalue weighted by Crippen LogP contribution is -2.58. The Kier molecular flexibility index (Phi) is 8.00. The van der Waals surface area contributed by atoms with Crippen molar-refractivity contribution in [3.63, 3.8) is 0 Å². The molecule has 0 bridgehead atoms. The van der Waals surface area contributed by atoms with Crippen LogP contribution >= 0.6 is 7.60 Å². The van der Waals surface area contributed by atoms with Gasteiger partial charge in [-0.1, -0.05) is 5.21 Å². The molecule has 15 heteroatoms. The van der Waals surface area contributed by atoms with E-state index in [9.17, 15) is 24.7 Å². The highest BCUT2D eigenvalue weighted by Crippen LogP contribution is 2.37. The van der Waals surface area contributed by atoms with Gasteiger partial charge in [-0.2, -0.15) is 0 Å². The molecule has 160 valence electrons. The summed E-state index contributed by atoms with van der Waals surface area (Å²) >= 11 is 0. The molecule has 1 aromatic heterocycles. The Hall–Kier alpha value is -1.48. The van der Waals surface area contributed by atoms with Gasteiger partial charge >= 0.3 is 7.60 Å². The van der Waals surface area contributed by atoms with Crippen molar-refractivity contribution in [2.24, 2.45) is 5.84 Å². The van der Waals surface area contributed by atoms with E-state index in [0.717, 1.165) is 0 Å². The molecule has 8 N–H and O–H groups in total. The number of hydrogen-bond acceptors (Lipinski definition) is 10. The number of rotatable bonds is 9. The summed E-state index contributed by atoms with van der Waals surface area (Å²) < 4.78 is 23.1. The average Bonchev–Trinajstić information content (AvgIpc) is 3.10. The van der Waals surface area contributed by atoms with Gasteiger partial charge < -0.3 is 34.6 Å². The zero-order valence-electron chi connectivity index (χ0n) is 14.7. The molecule has 2 rings (SSSR count). The van der Waals surface area contributed by atoms with E-state index in [1.54, 1.807) is 0 Å². The molecule has 2 heterocycles. The molecule has 0 spiro atoms. The van der Waals surface area contributed by atoms with Gasteiger partial charge in [-0.25, -0.2) is 5.84 Å². The molecule has 1 fully saturated rings. The van der Waals surface area contributed by atoms with E-state index in [0.29, 0.717) is 5.69 Å². The van der Waals surface area contributed by atoms with Crippen molar-refractivity contribution < 1.29 is 43.9 Å². The van der Waals surface area contributed by atoms with Gasteiger partial charge in [-0.05, 0) is 6.42 Å². The molecule has 14 nitrogen and oxygen atoms in total. The maximum atomic E-state index is 11.1. The fraction of sp³-hybridized carbons (Fsp3) is 0.769. The number of aromatic nitrogens is 3. The first kappa shape index (κ1) is 22.8. The third-order valence-electron chi connectivity index (χ3n) is 4.08. The molecule has 1 aliphatic heterocycles. The Balaban J connectivity index is 1.90. The molecule has 0 aromatic carbocycles. The van der Waals surface area contributed by atoms with Crippen LogP contribution in [-0.4, -0.2) is 82.9 Å². The SMILES string of the molecule is NNC(=O)CCn1cc(COC2OC(CCP(=O)(O)O)C(O)C(O)C2O)nn1. The molecule has 0 saturated carbocycles. The van der Waals surface area contributed by atoms with Crippen LogP contribution in [0, 0.1) is 0 Å². The fourth-order valence-corrected chi connectivity index (χ4v) is 3.15. The molecular weight excluding hydrogens is 401 g/mol. The summed E-state index contributed by atoms with van der Waals surface area (Å²) in [5.74, 6) is 4.60. The number of amides is 1. The van der Waals surface area contributed by atoms with E-state index in [2.05, 4.69) is 10.3 Å². The van der Waals surface area contributed by atoms with Crippen molar-refractivity contribution >= 4 is 13.5 Å². The van der Waals surface area contributed by atoms with Gasteiger partial charge in [-0.3, -0.25) is 19.5 Å². The van der Waals surface area contributed by atoms with E-state index in [1.165, 1.54) is 10.9 Å². The van der Waals surface area contributed by atoms with Crippen LogP contribution in [-0.2, 0) is 32.0 Å². The molecule has 1 amide bonds. The van der Waals surface area contributed by atoms with Crippen LogP contribution in [0.1, 0.15) is 18.5 Å². The second kappa shape index (κ2) is 9.82. The molecule has 0 radical (unpaired) electrons. The van der Waals surface area contributed by atoms with Crippen molar-refractivity contribution in [3.05, 3.63) is 11.9 Å². The number of carbonyl (C=O) groups excluding carboxylic acids is 1. The number of aryl methyl sites for hydroxylation is 1. The molecule has 1 saturated heterocycles. The number of nitrogens with one attached hydrogen (secondary N) is 1. The largest absolute Gasteiger partial charge is 0.388 e. The van der Waals surface area contributed by atoms with Crippen LogP contribution in [0.4, 0.5) is 0 Å². The average molecular weight is 425 g/mol.